The number of benzene rings is 2. The minimum atomic E-state index is -5.04. The van der Waals surface area contributed by atoms with Crippen molar-refractivity contribution in [1.29, 1.82) is 0 Å². The Bertz CT molecular complexity index is 1680. The fourth-order valence-corrected chi connectivity index (χ4v) is 5.59. The second kappa shape index (κ2) is 12.9. The molecule has 1 aliphatic rings. The summed E-state index contributed by atoms with van der Waals surface area (Å²) < 4.78 is 96.0. The number of carbonyl (C=O) groups excluding carboxylic acids is 2. The molecular weight excluding hydrogens is 609 g/mol. The lowest BCUT2D eigenvalue weighted by molar-refractivity contribution is -0.325. The molecule has 0 aliphatic carbocycles. The highest BCUT2D eigenvalue weighted by Crippen LogP contribution is 2.36. The zero-order valence-electron chi connectivity index (χ0n) is 23.6. The average Bonchev–Trinajstić information content (AvgIpc) is 3.38. The number of hydrogen-bond acceptors (Lipinski definition) is 4. The first-order valence-electron chi connectivity index (χ1n) is 14.0. The molecule has 1 saturated heterocycles. The fourth-order valence-electron chi connectivity index (χ4n) is 5.59. The summed E-state index contributed by atoms with van der Waals surface area (Å²) in [4.78, 5) is 30.7. The predicted molar refractivity (Wildman–Crippen MR) is 149 cm³/mol. The van der Waals surface area contributed by atoms with Crippen LogP contribution in [-0.4, -0.2) is 58.5 Å². The Morgan fingerprint density at radius 1 is 0.978 bits per heavy atom. The van der Waals surface area contributed by atoms with E-state index in [1.54, 1.807) is 51.4 Å². The lowest BCUT2D eigenvalue weighted by atomic mass is 9.88. The Hall–Kier alpha value is -4.46. The summed E-state index contributed by atoms with van der Waals surface area (Å²) in [5, 5.41) is 2.33. The zero-order chi connectivity index (χ0) is 32.4. The number of carbonyl (C=O) groups is 2. The molecule has 238 valence electrons. The zero-order valence-corrected chi connectivity index (χ0v) is 23.6. The van der Waals surface area contributed by atoms with E-state index >= 15 is 0 Å². The van der Waals surface area contributed by atoms with E-state index in [0.717, 1.165) is 11.6 Å². The van der Waals surface area contributed by atoms with Gasteiger partial charge in [0.1, 0.15) is 5.82 Å². The van der Waals surface area contributed by atoms with E-state index in [0.29, 0.717) is 34.9 Å². The summed E-state index contributed by atoms with van der Waals surface area (Å²) in [6.45, 7) is -0.778. The Morgan fingerprint density at radius 3 is 2.36 bits per heavy atom. The summed E-state index contributed by atoms with van der Waals surface area (Å²) in [6, 6.07) is 12.6. The Morgan fingerprint density at radius 2 is 1.69 bits per heavy atom. The summed E-state index contributed by atoms with van der Waals surface area (Å²) in [5.41, 5.74) is 2.87. The first-order chi connectivity index (χ1) is 21.3. The van der Waals surface area contributed by atoms with Crippen LogP contribution in [0.1, 0.15) is 40.2 Å². The molecule has 1 N–H and O–H groups in total. The maximum atomic E-state index is 14.8. The molecule has 1 fully saturated rings. The van der Waals surface area contributed by atoms with Crippen molar-refractivity contribution in [3.05, 3.63) is 89.6 Å². The standard InChI is InChI=1S/C31H27F7N4O3/c32-25-5-4-19(17-40-29(44)30(33,34)35)16-23(25)21-8-12-41(13-9-21)28(43)24-18-42(14-15-45-31(36,37)38)26-3-1-2-22(27(24)26)20-6-10-39-11-7-20/h1-7,10-11,16,18,21H,8-9,12-15,17H2,(H,40,44). The van der Waals surface area contributed by atoms with Crippen molar-refractivity contribution >= 4 is 22.7 Å². The van der Waals surface area contributed by atoms with E-state index in [4.69, 9.17) is 0 Å². The molecule has 2 aromatic carbocycles. The molecule has 2 amide bonds. The minimum Gasteiger partial charge on any atom is -0.344 e. The Kier molecular flexibility index (Phi) is 9.14. The quantitative estimate of drug-likeness (QED) is 0.222. The number of amides is 2. The van der Waals surface area contributed by atoms with Crippen LogP contribution in [0.15, 0.2) is 67.1 Å². The number of fused-ring (bicyclic) bond motifs is 1. The van der Waals surface area contributed by atoms with Crippen LogP contribution in [-0.2, 0) is 22.6 Å². The van der Waals surface area contributed by atoms with Gasteiger partial charge in [0.05, 0.1) is 12.2 Å². The van der Waals surface area contributed by atoms with Gasteiger partial charge in [-0.15, -0.1) is 13.2 Å². The van der Waals surface area contributed by atoms with E-state index in [1.807, 2.05) is 6.07 Å². The number of rotatable bonds is 8. The molecule has 0 bridgehead atoms. The van der Waals surface area contributed by atoms with Crippen LogP contribution in [0.4, 0.5) is 30.7 Å². The van der Waals surface area contributed by atoms with Crippen molar-refractivity contribution in [2.75, 3.05) is 19.7 Å². The molecular formula is C31H27F7N4O3. The fraction of sp³-hybridized carbons (Fsp3) is 0.323. The van der Waals surface area contributed by atoms with Gasteiger partial charge >= 0.3 is 18.4 Å². The number of aromatic nitrogens is 2. The molecule has 0 saturated carbocycles. The Labute approximate surface area is 252 Å². The first kappa shape index (κ1) is 31.9. The summed E-state index contributed by atoms with van der Waals surface area (Å²) in [7, 11) is 0. The summed E-state index contributed by atoms with van der Waals surface area (Å²) in [6.07, 6.45) is -4.43. The van der Waals surface area contributed by atoms with E-state index < -0.39 is 37.4 Å². The third kappa shape index (κ3) is 7.44. The molecule has 2 aromatic heterocycles. The molecule has 14 heteroatoms. The van der Waals surface area contributed by atoms with Gasteiger partial charge in [-0.3, -0.25) is 19.3 Å². The van der Waals surface area contributed by atoms with Crippen LogP contribution in [0.3, 0.4) is 0 Å². The third-order valence-corrected chi connectivity index (χ3v) is 7.72. The van der Waals surface area contributed by atoms with E-state index in [1.165, 1.54) is 18.3 Å². The number of hydrogen-bond donors (Lipinski definition) is 1. The first-order valence-corrected chi connectivity index (χ1v) is 14.0. The number of alkyl halides is 6. The lowest BCUT2D eigenvalue weighted by Crippen LogP contribution is -2.38. The van der Waals surface area contributed by atoms with Crippen LogP contribution >= 0.6 is 0 Å². The van der Waals surface area contributed by atoms with Gasteiger partial charge in [-0.25, -0.2) is 4.39 Å². The molecule has 45 heavy (non-hydrogen) atoms. The van der Waals surface area contributed by atoms with Crippen LogP contribution < -0.4 is 5.32 Å². The van der Waals surface area contributed by atoms with Gasteiger partial charge in [0.15, 0.2) is 0 Å². The van der Waals surface area contributed by atoms with Crippen molar-refractivity contribution in [3.8, 4) is 11.1 Å². The van der Waals surface area contributed by atoms with Crippen molar-refractivity contribution in [3.63, 3.8) is 0 Å². The number of ether oxygens (including phenoxy) is 1. The van der Waals surface area contributed by atoms with Crippen molar-refractivity contribution in [2.45, 2.75) is 44.4 Å². The molecule has 5 rings (SSSR count). The van der Waals surface area contributed by atoms with Gasteiger partial charge in [0.25, 0.3) is 5.91 Å². The number of piperidine rings is 1. The van der Waals surface area contributed by atoms with Crippen LogP contribution in [0.2, 0.25) is 0 Å². The van der Waals surface area contributed by atoms with Gasteiger partial charge < -0.3 is 14.8 Å². The maximum absolute atomic E-state index is 14.8. The van der Waals surface area contributed by atoms with Gasteiger partial charge in [-0.1, -0.05) is 24.3 Å². The second-order valence-electron chi connectivity index (χ2n) is 10.6. The molecule has 0 atom stereocenters. The topological polar surface area (TPSA) is 76.5 Å². The normalized spacial score (nSPS) is 14.6. The van der Waals surface area contributed by atoms with Gasteiger partial charge in [0.2, 0.25) is 0 Å². The minimum absolute atomic E-state index is 0.162. The van der Waals surface area contributed by atoms with Gasteiger partial charge in [-0.2, -0.15) is 13.2 Å². The van der Waals surface area contributed by atoms with Crippen molar-refractivity contribution in [1.82, 2.24) is 19.8 Å². The average molecular weight is 637 g/mol. The summed E-state index contributed by atoms with van der Waals surface area (Å²) in [5.74, 6) is -3.32. The number of pyridine rings is 1. The largest absolute Gasteiger partial charge is 0.522 e. The van der Waals surface area contributed by atoms with Gasteiger partial charge in [-0.05, 0) is 65.3 Å². The number of halogens is 7. The molecule has 7 nitrogen and oxygen atoms in total. The molecule has 4 aromatic rings. The molecule has 1 aliphatic heterocycles. The summed E-state index contributed by atoms with van der Waals surface area (Å²) >= 11 is 0. The second-order valence-corrected chi connectivity index (χ2v) is 10.6. The molecule has 3 heterocycles. The smallest absolute Gasteiger partial charge is 0.344 e. The highest BCUT2D eigenvalue weighted by Gasteiger charge is 2.38. The van der Waals surface area contributed by atoms with Crippen LogP contribution in [0, 0.1) is 5.82 Å². The van der Waals surface area contributed by atoms with Gasteiger partial charge in [0, 0.05) is 55.7 Å². The lowest BCUT2D eigenvalue weighted by Gasteiger charge is -2.32. The van der Waals surface area contributed by atoms with E-state index in [-0.39, 0.29) is 42.6 Å². The van der Waals surface area contributed by atoms with E-state index in [9.17, 15) is 40.3 Å². The Balaban J connectivity index is 1.36. The van der Waals surface area contributed by atoms with Crippen molar-refractivity contribution < 1.29 is 45.1 Å². The number of likely N-dealkylation sites (tertiary alicyclic amines) is 1. The van der Waals surface area contributed by atoms with Crippen LogP contribution in [0.5, 0.6) is 0 Å². The molecule has 0 spiro atoms. The molecule has 0 unspecified atom stereocenters. The highest BCUT2D eigenvalue weighted by molar-refractivity contribution is 6.12. The number of nitrogens with zero attached hydrogens (tertiary/aromatic N) is 3. The maximum Gasteiger partial charge on any atom is 0.522 e. The third-order valence-electron chi connectivity index (χ3n) is 7.72. The number of nitrogens with one attached hydrogen (secondary N) is 1. The highest BCUT2D eigenvalue weighted by atomic mass is 19.4. The van der Waals surface area contributed by atoms with Crippen molar-refractivity contribution in [2.24, 2.45) is 0 Å². The van der Waals surface area contributed by atoms with E-state index in [2.05, 4.69) is 9.72 Å². The predicted octanol–water partition coefficient (Wildman–Crippen LogP) is 6.58. The van der Waals surface area contributed by atoms with Crippen LogP contribution in [0.25, 0.3) is 22.0 Å². The monoisotopic (exact) mass is 636 g/mol. The SMILES string of the molecule is O=C(c1cn(CCOC(F)(F)F)c2cccc(-c3ccncc3)c12)N1CCC(c2cc(CNC(=O)C(F)(F)F)ccc2F)CC1. The molecule has 0 radical (unpaired) electrons.